The standard InChI is InChI=1S/C15H16ClF3N4O/c1-2-13(20)24-8-14(23-6-5-21-9-23)22-12-4-3-10(16)7-11(12)15(17,18)19/h3-7,9,13H,2,8,20H2,1H3. The molecular weight excluding hydrogens is 345 g/mol. The molecule has 24 heavy (non-hydrogen) atoms. The lowest BCUT2D eigenvalue weighted by Crippen LogP contribution is -2.28. The molecule has 0 saturated heterocycles. The molecule has 0 aliphatic rings. The van der Waals surface area contributed by atoms with Gasteiger partial charge in [0.15, 0.2) is 0 Å². The summed E-state index contributed by atoms with van der Waals surface area (Å²) >= 11 is 5.68. The lowest BCUT2D eigenvalue weighted by molar-refractivity contribution is -0.137. The fourth-order valence-electron chi connectivity index (χ4n) is 1.85. The molecule has 1 atom stereocenters. The summed E-state index contributed by atoms with van der Waals surface area (Å²) in [7, 11) is 0. The number of ether oxygens (including phenoxy) is 1. The Hall–Kier alpha value is -1.90. The first-order valence-electron chi connectivity index (χ1n) is 7.11. The summed E-state index contributed by atoms with van der Waals surface area (Å²) in [5.74, 6) is 0.226. The van der Waals surface area contributed by atoms with Gasteiger partial charge in [-0.25, -0.2) is 9.98 Å². The van der Waals surface area contributed by atoms with Crippen molar-refractivity contribution in [1.82, 2.24) is 9.55 Å². The van der Waals surface area contributed by atoms with E-state index in [0.717, 1.165) is 6.07 Å². The summed E-state index contributed by atoms with van der Waals surface area (Å²) in [6.45, 7) is 1.77. The number of rotatable bonds is 5. The van der Waals surface area contributed by atoms with Crippen molar-refractivity contribution >= 4 is 23.1 Å². The van der Waals surface area contributed by atoms with Gasteiger partial charge in [0.2, 0.25) is 0 Å². The highest BCUT2D eigenvalue weighted by molar-refractivity contribution is 6.30. The Labute approximate surface area is 141 Å². The molecule has 0 aliphatic heterocycles. The Kier molecular flexibility index (Phi) is 5.98. The zero-order valence-corrected chi connectivity index (χ0v) is 13.6. The van der Waals surface area contributed by atoms with Crippen LogP contribution < -0.4 is 5.73 Å². The van der Waals surface area contributed by atoms with E-state index in [9.17, 15) is 13.2 Å². The second-order valence-corrected chi connectivity index (χ2v) is 5.35. The number of hydrogen-bond donors (Lipinski definition) is 1. The van der Waals surface area contributed by atoms with Crippen LogP contribution in [0.15, 0.2) is 41.9 Å². The maximum absolute atomic E-state index is 13.2. The van der Waals surface area contributed by atoms with E-state index in [1.54, 1.807) is 6.20 Å². The molecule has 5 nitrogen and oxygen atoms in total. The molecule has 130 valence electrons. The molecule has 1 aromatic heterocycles. The zero-order valence-electron chi connectivity index (χ0n) is 12.8. The lowest BCUT2D eigenvalue weighted by Gasteiger charge is -2.15. The van der Waals surface area contributed by atoms with Gasteiger partial charge in [0.1, 0.15) is 25.0 Å². The van der Waals surface area contributed by atoms with Crippen LogP contribution in [0, 0.1) is 0 Å². The Bertz CT molecular complexity index is 701. The van der Waals surface area contributed by atoms with Crippen LogP contribution in [0.25, 0.3) is 0 Å². The van der Waals surface area contributed by atoms with Gasteiger partial charge < -0.3 is 10.5 Å². The first-order chi connectivity index (χ1) is 11.3. The van der Waals surface area contributed by atoms with Crippen LogP contribution in [0.2, 0.25) is 5.02 Å². The zero-order chi connectivity index (χ0) is 17.7. The predicted octanol–water partition coefficient (Wildman–Crippen LogP) is 3.85. The van der Waals surface area contributed by atoms with E-state index >= 15 is 0 Å². The van der Waals surface area contributed by atoms with Gasteiger partial charge >= 0.3 is 6.18 Å². The fraction of sp³-hybridized carbons (Fsp3) is 0.333. The highest BCUT2D eigenvalue weighted by Gasteiger charge is 2.34. The number of aromatic nitrogens is 2. The van der Waals surface area contributed by atoms with Crippen LogP contribution in [-0.2, 0) is 10.9 Å². The second kappa shape index (κ2) is 7.78. The van der Waals surface area contributed by atoms with Crippen molar-refractivity contribution in [1.29, 1.82) is 0 Å². The molecule has 0 radical (unpaired) electrons. The Balaban J connectivity index is 2.43. The first kappa shape index (κ1) is 18.4. The SMILES string of the molecule is CCC(N)OCC(=Nc1ccc(Cl)cc1C(F)(F)F)n1ccnc1. The third-order valence-corrected chi connectivity index (χ3v) is 3.38. The monoisotopic (exact) mass is 360 g/mol. The van der Waals surface area contributed by atoms with E-state index in [2.05, 4.69) is 9.98 Å². The first-order valence-corrected chi connectivity index (χ1v) is 7.49. The Morgan fingerprint density at radius 3 is 2.79 bits per heavy atom. The predicted molar refractivity (Wildman–Crippen MR) is 85.4 cm³/mol. The number of nitrogens with two attached hydrogens (primary N) is 1. The van der Waals surface area contributed by atoms with Crippen LogP contribution in [0.4, 0.5) is 18.9 Å². The van der Waals surface area contributed by atoms with Crippen LogP contribution in [0.3, 0.4) is 0 Å². The summed E-state index contributed by atoms with van der Waals surface area (Å²) < 4.78 is 46.4. The van der Waals surface area contributed by atoms with Crippen LogP contribution in [-0.4, -0.2) is 28.2 Å². The molecule has 1 heterocycles. The molecule has 0 saturated carbocycles. The largest absolute Gasteiger partial charge is 0.418 e. The minimum absolute atomic E-state index is 0.0188. The molecule has 0 amide bonds. The summed E-state index contributed by atoms with van der Waals surface area (Å²) in [6, 6.07) is 3.40. The van der Waals surface area contributed by atoms with Crippen LogP contribution in [0.5, 0.6) is 0 Å². The number of nitrogens with zero attached hydrogens (tertiary/aromatic N) is 3. The summed E-state index contributed by atoms with van der Waals surface area (Å²) in [4.78, 5) is 7.96. The van der Waals surface area contributed by atoms with Gasteiger partial charge in [-0.2, -0.15) is 13.2 Å². The van der Waals surface area contributed by atoms with Crippen molar-refractivity contribution in [2.45, 2.75) is 25.7 Å². The molecule has 0 aliphatic carbocycles. The van der Waals surface area contributed by atoms with Crippen LogP contribution in [0.1, 0.15) is 18.9 Å². The molecule has 2 rings (SSSR count). The number of imidazole rings is 1. The number of alkyl halides is 3. The van der Waals surface area contributed by atoms with Gasteiger partial charge in [0.05, 0.1) is 11.3 Å². The smallest absolute Gasteiger partial charge is 0.356 e. The van der Waals surface area contributed by atoms with Crippen molar-refractivity contribution < 1.29 is 17.9 Å². The number of benzene rings is 1. The lowest BCUT2D eigenvalue weighted by atomic mass is 10.1. The second-order valence-electron chi connectivity index (χ2n) is 4.91. The van der Waals surface area contributed by atoms with E-state index in [-0.39, 0.29) is 23.2 Å². The van der Waals surface area contributed by atoms with E-state index in [1.165, 1.54) is 29.2 Å². The minimum atomic E-state index is -4.58. The van der Waals surface area contributed by atoms with Gasteiger partial charge in [-0.05, 0) is 24.6 Å². The van der Waals surface area contributed by atoms with Crippen molar-refractivity contribution in [3.05, 3.63) is 47.5 Å². The average Bonchev–Trinajstić information content (AvgIpc) is 3.05. The number of aliphatic imine (C=N–C) groups is 1. The summed E-state index contributed by atoms with van der Waals surface area (Å²) in [5, 5.41) is -0.0188. The van der Waals surface area contributed by atoms with Crippen molar-refractivity contribution in [3.63, 3.8) is 0 Å². The van der Waals surface area contributed by atoms with Gasteiger partial charge in [-0.15, -0.1) is 0 Å². The van der Waals surface area contributed by atoms with Crippen LogP contribution >= 0.6 is 11.6 Å². The third-order valence-electron chi connectivity index (χ3n) is 3.14. The summed E-state index contributed by atoms with van der Waals surface area (Å²) in [6.07, 6.45) is -0.0878. The van der Waals surface area contributed by atoms with Crippen molar-refractivity contribution in [3.8, 4) is 0 Å². The van der Waals surface area contributed by atoms with Gasteiger partial charge in [0.25, 0.3) is 0 Å². The third kappa shape index (κ3) is 4.80. The van der Waals surface area contributed by atoms with Gasteiger partial charge in [-0.3, -0.25) is 4.57 Å². The quantitative estimate of drug-likeness (QED) is 0.500. The Morgan fingerprint density at radius 2 is 2.21 bits per heavy atom. The summed E-state index contributed by atoms with van der Waals surface area (Å²) in [5.41, 5.74) is 4.50. The normalized spacial score (nSPS) is 14.0. The van der Waals surface area contributed by atoms with Gasteiger partial charge in [0, 0.05) is 17.4 Å². The van der Waals surface area contributed by atoms with Crippen molar-refractivity contribution in [2.24, 2.45) is 10.7 Å². The maximum Gasteiger partial charge on any atom is 0.418 e. The molecule has 0 bridgehead atoms. The molecule has 0 spiro atoms. The topological polar surface area (TPSA) is 65.4 Å². The number of hydrogen-bond acceptors (Lipinski definition) is 4. The average molecular weight is 361 g/mol. The van der Waals surface area contributed by atoms with Gasteiger partial charge in [-0.1, -0.05) is 18.5 Å². The number of halogens is 4. The maximum atomic E-state index is 13.2. The highest BCUT2D eigenvalue weighted by atomic mass is 35.5. The van der Waals surface area contributed by atoms with E-state index in [1.807, 2.05) is 6.92 Å². The molecule has 1 unspecified atom stereocenters. The van der Waals surface area contributed by atoms with Crippen molar-refractivity contribution in [2.75, 3.05) is 6.61 Å². The molecular formula is C15H16ClF3N4O. The molecule has 1 aromatic carbocycles. The van der Waals surface area contributed by atoms with E-state index in [4.69, 9.17) is 22.1 Å². The fourth-order valence-corrected chi connectivity index (χ4v) is 2.02. The Morgan fingerprint density at radius 1 is 1.46 bits per heavy atom. The molecule has 2 N–H and O–H groups in total. The molecule has 9 heteroatoms. The van der Waals surface area contributed by atoms with E-state index < -0.39 is 18.0 Å². The minimum Gasteiger partial charge on any atom is -0.356 e. The highest BCUT2D eigenvalue weighted by Crippen LogP contribution is 2.38. The van der Waals surface area contributed by atoms with E-state index in [0.29, 0.717) is 6.42 Å². The molecule has 0 fully saturated rings. The molecule has 2 aromatic rings.